The van der Waals surface area contributed by atoms with Gasteiger partial charge < -0.3 is 9.13 Å². The topological polar surface area (TPSA) is 9.86 Å². The van der Waals surface area contributed by atoms with Crippen LogP contribution in [-0.4, -0.2) is 9.13 Å². The lowest BCUT2D eigenvalue weighted by Crippen LogP contribution is -1.94. The first-order valence-electron chi connectivity index (χ1n) is 21.7. The Balaban J connectivity index is 0.000000146. The average Bonchev–Trinajstić information content (AvgIpc) is 3.86. The number of hydrogen-bond acceptors (Lipinski definition) is 0. The van der Waals surface area contributed by atoms with Crippen molar-refractivity contribution in [3.8, 4) is 55.9 Å². The summed E-state index contributed by atoms with van der Waals surface area (Å²) in [5, 5.41) is 5.00. The third-order valence-electron chi connectivity index (χ3n) is 12.2. The monoisotopic (exact) mass is 1100 g/mol. The summed E-state index contributed by atoms with van der Waals surface area (Å²) < 4.78 is 8.88. The second-order valence-corrected chi connectivity index (χ2v) is 20.0. The van der Waals surface area contributed by atoms with Gasteiger partial charge in [-0.15, -0.1) is 0 Å². The minimum atomic E-state index is 1.05. The molecule has 0 N–H and O–H groups in total. The van der Waals surface area contributed by atoms with E-state index in [2.05, 4.69) is 303 Å². The SMILES string of the molecule is Brc1cc(Br)cc(-n2c3ccc(-c4ccccc4)cc3c3cc(-c4ccccc4)ccc32)c1.Brc1cc(Br)cc(-n2c3ccc(-c4ccccc4)cc3c3cc(-c4ccccc4)ccc32)c1. The average molecular weight is 1110 g/mol. The zero-order valence-electron chi connectivity index (χ0n) is 35.3. The zero-order chi connectivity index (χ0) is 44.7. The molecule has 0 radical (unpaired) electrons. The van der Waals surface area contributed by atoms with Gasteiger partial charge in [0.2, 0.25) is 0 Å². The fourth-order valence-electron chi connectivity index (χ4n) is 9.18. The largest absolute Gasteiger partial charge is 0.309 e. The van der Waals surface area contributed by atoms with Crippen LogP contribution in [0.25, 0.3) is 99.5 Å². The molecule has 0 fully saturated rings. The predicted molar refractivity (Wildman–Crippen MR) is 294 cm³/mol. The van der Waals surface area contributed by atoms with Gasteiger partial charge in [0.25, 0.3) is 0 Å². The summed E-state index contributed by atoms with van der Waals surface area (Å²) in [6.45, 7) is 0. The zero-order valence-corrected chi connectivity index (χ0v) is 41.7. The number of aromatic nitrogens is 2. The van der Waals surface area contributed by atoms with Crippen molar-refractivity contribution < 1.29 is 0 Å². The van der Waals surface area contributed by atoms with Gasteiger partial charge in [-0.1, -0.05) is 209 Å². The van der Waals surface area contributed by atoms with Crippen LogP contribution in [0, 0.1) is 0 Å². The van der Waals surface area contributed by atoms with Crippen molar-refractivity contribution in [3.05, 3.63) is 248 Å². The highest BCUT2D eigenvalue weighted by molar-refractivity contribution is 9.11. The highest BCUT2D eigenvalue weighted by Gasteiger charge is 2.17. The second-order valence-electron chi connectivity index (χ2n) is 16.3. The number of nitrogens with zero attached hydrogens (tertiary/aromatic N) is 2. The van der Waals surface area contributed by atoms with E-state index >= 15 is 0 Å². The van der Waals surface area contributed by atoms with Gasteiger partial charge in [0.15, 0.2) is 0 Å². The van der Waals surface area contributed by atoms with Crippen molar-refractivity contribution in [2.45, 2.75) is 0 Å². The second kappa shape index (κ2) is 18.2. The molecule has 0 saturated carbocycles. The molecule has 0 bridgehead atoms. The smallest absolute Gasteiger partial charge is 0.0541 e. The molecule has 66 heavy (non-hydrogen) atoms. The van der Waals surface area contributed by atoms with Crippen LogP contribution in [0.2, 0.25) is 0 Å². The van der Waals surface area contributed by atoms with E-state index < -0.39 is 0 Å². The molecule has 10 aromatic carbocycles. The molecular formula is C60H38Br4N2. The Kier molecular flexibility index (Phi) is 11.7. The molecule has 0 amide bonds. The van der Waals surface area contributed by atoms with E-state index in [0.717, 1.165) is 29.3 Å². The van der Waals surface area contributed by atoms with E-state index in [1.54, 1.807) is 0 Å². The molecule has 0 atom stereocenters. The third-order valence-corrected chi connectivity index (χ3v) is 14.0. The molecule has 12 rings (SSSR count). The molecule has 12 aromatic rings. The molecule has 2 nitrogen and oxygen atoms in total. The summed E-state index contributed by atoms with van der Waals surface area (Å²) in [5.41, 5.74) is 16.8. The van der Waals surface area contributed by atoms with Crippen molar-refractivity contribution in [1.82, 2.24) is 9.13 Å². The highest BCUT2D eigenvalue weighted by atomic mass is 79.9. The van der Waals surface area contributed by atoms with Gasteiger partial charge in [0, 0.05) is 50.8 Å². The molecule has 316 valence electrons. The Bertz CT molecular complexity index is 3250. The first-order valence-corrected chi connectivity index (χ1v) is 24.8. The lowest BCUT2D eigenvalue weighted by atomic mass is 10.0. The van der Waals surface area contributed by atoms with E-state index in [1.165, 1.54) is 88.1 Å². The maximum Gasteiger partial charge on any atom is 0.0541 e. The van der Waals surface area contributed by atoms with Gasteiger partial charge in [0.1, 0.15) is 0 Å². The van der Waals surface area contributed by atoms with Crippen LogP contribution in [-0.2, 0) is 0 Å². The van der Waals surface area contributed by atoms with E-state index in [1.807, 2.05) is 0 Å². The van der Waals surface area contributed by atoms with Crippen molar-refractivity contribution in [1.29, 1.82) is 0 Å². The number of halogens is 4. The van der Waals surface area contributed by atoms with Crippen LogP contribution in [0.5, 0.6) is 0 Å². The normalized spacial score (nSPS) is 11.3. The van der Waals surface area contributed by atoms with Crippen molar-refractivity contribution >= 4 is 107 Å². The van der Waals surface area contributed by atoms with Crippen LogP contribution in [0.1, 0.15) is 0 Å². The number of benzene rings is 10. The lowest BCUT2D eigenvalue weighted by Gasteiger charge is -2.10. The summed E-state index contributed by atoms with van der Waals surface area (Å²) >= 11 is 14.7. The number of hydrogen-bond donors (Lipinski definition) is 0. The molecule has 0 unspecified atom stereocenters. The minimum absolute atomic E-state index is 1.05. The Labute approximate surface area is 417 Å². The van der Waals surface area contributed by atoms with E-state index in [-0.39, 0.29) is 0 Å². The summed E-state index contributed by atoms with van der Waals surface area (Å²) in [7, 11) is 0. The van der Waals surface area contributed by atoms with Crippen LogP contribution in [0.4, 0.5) is 0 Å². The Morgan fingerprint density at radius 3 is 0.667 bits per heavy atom. The minimum Gasteiger partial charge on any atom is -0.309 e. The van der Waals surface area contributed by atoms with E-state index in [0.29, 0.717) is 0 Å². The fourth-order valence-corrected chi connectivity index (χ4v) is 11.7. The third kappa shape index (κ3) is 8.28. The first kappa shape index (κ1) is 42.4. The van der Waals surface area contributed by atoms with Crippen LogP contribution in [0.3, 0.4) is 0 Å². The summed E-state index contributed by atoms with van der Waals surface area (Å²) in [5.74, 6) is 0. The maximum atomic E-state index is 3.67. The van der Waals surface area contributed by atoms with Crippen molar-refractivity contribution in [3.63, 3.8) is 0 Å². The van der Waals surface area contributed by atoms with Gasteiger partial charge in [-0.05, 0) is 129 Å². The molecule has 0 saturated heterocycles. The number of fused-ring (bicyclic) bond motifs is 6. The maximum absolute atomic E-state index is 3.67. The lowest BCUT2D eigenvalue weighted by molar-refractivity contribution is 1.17. The molecular weight excluding hydrogens is 1070 g/mol. The fraction of sp³-hybridized carbons (Fsp3) is 0. The molecule has 0 aliphatic rings. The van der Waals surface area contributed by atoms with Crippen molar-refractivity contribution in [2.75, 3.05) is 0 Å². The first-order chi connectivity index (χ1) is 32.3. The van der Waals surface area contributed by atoms with Gasteiger partial charge >= 0.3 is 0 Å². The summed E-state index contributed by atoms with van der Waals surface area (Å²) in [4.78, 5) is 0. The van der Waals surface area contributed by atoms with Gasteiger partial charge in [-0.3, -0.25) is 0 Å². The Morgan fingerprint density at radius 2 is 0.439 bits per heavy atom. The standard InChI is InChI=1S/2C30H19Br2N/c2*31-24-17-25(32)19-26(18-24)33-29-13-11-22(20-7-3-1-4-8-20)15-27(29)28-16-23(12-14-30(28)33)21-9-5-2-6-10-21/h2*1-19H. The van der Waals surface area contributed by atoms with Gasteiger partial charge in [0.05, 0.1) is 22.1 Å². The van der Waals surface area contributed by atoms with Crippen LogP contribution >= 0.6 is 63.7 Å². The Hall–Kier alpha value is -6.28. The van der Waals surface area contributed by atoms with Crippen LogP contribution in [0.15, 0.2) is 248 Å². The highest BCUT2D eigenvalue weighted by Crippen LogP contribution is 2.40. The number of rotatable bonds is 6. The summed E-state index contributed by atoms with van der Waals surface area (Å²) in [6.07, 6.45) is 0. The molecule has 6 heteroatoms. The molecule has 2 aromatic heterocycles. The van der Waals surface area contributed by atoms with E-state index in [4.69, 9.17) is 0 Å². The quantitative estimate of drug-likeness (QED) is 0.157. The predicted octanol–water partition coefficient (Wildman–Crippen LogP) is 19.3. The molecule has 0 spiro atoms. The molecule has 0 aliphatic carbocycles. The summed E-state index contributed by atoms with van der Waals surface area (Å²) in [6, 6.07) is 82.3. The molecule has 2 heterocycles. The Morgan fingerprint density at radius 1 is 0.212 bits per heavy atom. The van der Waals surface area contributed by atoms with Gasteiger partial charge in [-0.2, -0.15) is 0 Å². The van der Waals surface area contributed by atoms with Crippen LogP contribution < -0.4 is 0 Å². The van der Waals surface area contributed by atoms with Gasteiger partial charge in [-0.25, -0.2) is 0 Å². The van der Waals surface area contributed by atoms with E-state index in [9.17, 15) is 0 Å². The molecule has 0 aliphatic heterocycles. The van der Waals surface area contributed by atoms with Crippen molar-refractivity contribution in [2.24, 2.45) is 0 Å².